The zero-order valence-electron chi connectivity index (χ0n) is 15.2. The Hall–Kier alpha value is -1.93. The summed E-state index contributed by atoms with van der Waals surface area (Å²) in [6, 6.07) is 5.40. The van der Waals surface area contributed by atoms with Crippen LogP contribution in [0.1, 0.15) is 25.3 Å². The monoisotopic (exact) mass is 453 g/mol. The van der Waals surface area contributed by atoms with Crippen molar-refractivity contribution >= 4 is 37.8 Å². The van der Waals surface area contributed by atoms with Crippen molar-refractivity contribution in [2.24, 2.45) is 5.41 Å². The van der Waals surface area contributed by atoms with Crippen molar-refractivity contribution in [1.82, 2.24) is 4.31 Å². The fourth-order valence-corrected chi connectivity index (χ4v) is 5.94. The van der Waals surface area contributed by atoms with E-state index in [0.29, 0.717) is 0 Å². The Morgan fingerprint density at radius 1 is 1.26 bits per heavy atom. The van der Waals surface area contributed by atoms with Crippen molar-refractivity contribution in [3.63, 3.8) is 0 Å². The Kier molecular flexibility index (Phi) is 5.07. The van der Waals surface area contributed by atoms with Crippen molar-refractivity contribution in [2.75, 3.05) is 7.11 Å². The van der Waals surface area contributed by atoms with Crippen molar-refractivity contribution in [3.05, 3.63) is 52.0 Å². The van der Waals surface area contributed by atoms with Gasteiger partial charge in [0.2, 0.25) is 0 Å². The van der Waals surface area contributed by atoms with E-state index in [0.717, 1.165) is 15.4 Å². The Labute approximate surface area is 167 Å². The number of allylic oxidation sites excluding steroid dienone is 1. The maximum atomic E-state index is 13.4. The molecule has 0 spiro atoms. The van der Waals surface area contributed by atoms with Gasteiger partial charge in [-0.3, -0.25) is 9.59 Å². The summed E-state index contributed by atoms with van der Waals surface area (Å²) in [4.78, 5) is 25.6. The van der Waals surface area contributed by atoms with E-state index >= 15 is 0 Å². The minimum Gasteiger partial charge on any atom is -0.468 e. The summed E-state index contributed by atoms with van der Waals surface area (Å²) in [7, 11) is -2.90. The zero-order valence-corrected chi connectivity index (χ0v) is 17.6. The molecule has 8 heteroatoms. The number of benzene rings is 1. The highest BCUT2D eigenvalue weighted by atomic mass is 79.9. The third kappa shape index (κ3) is 3.14. The van der Waals surface area contributed by atoms with E-state index in [2.05, 4.69) is 15.9 Å². The highest BCUT2D eigenvalue weighted by Gasteiger charge is 2.56. The van der Waals surface area contributed by atoms with Crippen molar-refractivity contribution < 1.29 is 22.7 Å². The first-order valence-electron chi connectivity index (χ1n) is 8.41. The van der Waals surface area contributed by atoms with Gasteiger partial charge in [0.1, 0.15) is 5.41 Å². The molecule has 3 rings (SSSR count). The minimum absolute atomic E-state index is 0.00891. The minimum atomic E-state index is -4.16. The van der Waals surface area contributed by atoms with Gasteiger partial charge >= 0.3 is 5.97 Å². The quantitative estimate of drug-likeness (QED) is 0.518. The maximum absolute atomic E-state index is 13.4. The number of methoxy groups -OCH3 is 1. The van der Waals surface area contributed by atoms with Crippen molar-refractivity contribution in [1.29, 1.82) is 0 Å². The lowest BCUT2D eigenvalue weighted by molar-refractivity contribution is -0.154. The predicted octanol–water partition coefficient (Wildman–Crippen LogP) is 3.07. The second kappa shape index (κ2) is 6.91. The topological polar surface area (TPSA) is 80.8 Å². The molecule has 0 saturated carbocycles. The van der Waals surface area contributed by atoms with Gasteiger partial charge in [0.05, 0.1) is 22.5 Å². The fourth-order valence-electron chi connectivity index (χ4n) is 3.60. The SMILES string of the molecule is COC(=O)[C@@]12C=C(Br)C(=O)N(S(=O)(=O)c3ccc(C)cc3)[C@@H]1CC(C)=CC2. The lowest BCUT2D eigenvalue weighted by Gasteiger charge is -2.46. The van der Waals surface area contributed by atoms with Crippen LogP contribution in [0.4, 0.5) is 0 Å². The summed E-state index contributed by atoms with van der Waals surface area (Å²) in [5.74, 6) is -1.25. The van der Waals surface area contributed by atoms with E-state index in [1.165, 1.54) is 25.3 Å². The molecule has 1 heterocycles. The van der Waals surface area contributed by atoms with E-state index < -0.39 is 33.4 Å². The average molecular weight is 454 g/mol. The molecule has 0 bridgehead atoms. The van der Waals surface area contributed by atoms with Crippen LogP contribution < -0.4 is 0 Å². The number of ether oxygens (including phenoxy) is 1. The van der Waals surface area contributed by atoms with Gasteiger partial charge in [0, 0.05) is 0 Å². The van der Waals surface area contributed by atoms with Crippen LogP contribution in [-0.2, 0) is 24.3 Å². The van der Waals surface area contributed by atoms with Crippen molar-refractivity contribution in [3.8, 4) is 0 Å². The largest absolute Gasteiger partial charge is 0.468 e. The van der Waals surface area contributed by atoms with Gasteiger partial charge in [-0.1, -0.05) is 29.3 Å². The van der Waals surface area contributed by atoms with Crippen LogP contribution in [0.2, 0.25) is 0 Å². The number of halogens is 1. The lowest BCUT2D eigenvalue weighted by Crippen LogP contribution is -2.59. The Balaban J connectivity index is 2.21. The molecule has 2 atom stereocenters. The number of aryl methyl sites for hydroxylation is 1. The molecule has 1 aliphatic carbocycles. The van der Waals surface area contributed by atoms with E-state index in [9.17, 15) is 18.0 Å². The number of nitrogens with zero attached hydrogens (tertiary/aromatic N) is 1. The number of hydrogen-bond acceptors (Lipinski definition) is 5. The molecule has 27 heavy (non-hydrogen) atoms. The smallest absolute Gasteiger partial charge is 0.318 e. The molecule has 144 valence electrons. The molecule has 2 aliphatic rings. The molecule has 0 aromatic heterocycles. The van der Waals surface area contributed by atoms with Crippen LogP contribution in [0.5, 0.6) is 0 Å². The predicted molar refractivity (Wildman–Crippen MR) is 103 cm³/mol. The second-order valence-corrected chi connectivity index (χ2v) is 9.59. The van der Waals surface area contributed by atoms with Gasteiger partial charge < -0.3 is 4.74 Å². The number of carbonyl (C=O) groups is 2. The first-order valence-corrected chi connectivity index (χ1v) is 10.6. The van der Waals surface area contributed by atoms with Gasteiger partial charge in [0.25, 0.3) is 15.9 Å². The fraction of sp³-hybridized carbons (Fsp3) is 0.368. The van der Waals surface area contributed by atoms with E-state index in [1.54, 1.807) is 12.1 Å². The molecule has 1 aromatic carbocycles. The van der Waals surface area contributed by atoms with Gasteiger partial charge in [-0.15, -0.1) is 0 Å². The number of rotatable bonds is 3. The van der Waals surface area contributed by atoms with Gasteiger partial charge in [-0.2, -0.15) is 0 Å². The Morgan fingerprint density at radius 2 is 1.89 bits per heavy atom. The average Bonchev–Trinajstić information content (AvgIpc) is 2.62. The zero-order chi connectivity index (χ0) is 20.0. The first-order chi connectivity index (χ1) is 12.6. The number of carbonyl (C=O) groups excluding carboxylic acids is 2. The number of esters is 1. The first kappa shape index (κ1) is 19.8. The van der Waals surface area contributed by atoms with Crippen LogP contribution in [0.15, 0.2) is 51.4 Å². The molecular formula is C19H20BrNO5S. The second-order valence-electron chi connectivity index (χ2n) is 6.92. The van der Waals surface area contributed by atoms with Crippen LogP contribution in [0.25, 0.3) is 0 Å². The van der Waals surface area contributed by atoms with Crippen LogP contribution >= 0.6 is 15.9 Å². The summed E-state index contributed by atoms with van der Waals surface area (Å²) in [6.45, 7) is 3.70. The lowest BCUT2D eigenvalue weighted by atomic mass is 9.69. The number of amides is 1. The molecule has 0 fully saturated rings. The van der Waals surface area contributed by atoms with Gasteiger partial charge in [-0.05, 0) is 60.8 Å². The molecule has 1 aromatic rings. The summed E-state index contributed by atoms with van der Waals surface area (Å²) < 4.78 is 32.6. The van der Waals surface area contributed by atoms with Crippen molar-refractivity contribution in [2.45, 2.75) is 37.6 Å². The third-order valence-corrected chi connectivity index (χ3v) is 7.49. The maximum Gasteiger partial charge on any atom is 0.318 e. The summed E-state index contributed by atoms with van der Waals surface area (Å²) >= 11 is 3.16. The molecule has 0 unspecified atom stereocenters. The highest BCUT2D eigenvalue weighted by Crippen LogP contribution is 2.47. The van der Waals surface area contributed by atoms with E-state index in [4.69, 9.17) is 4.74 Å². The molecule has 1 aliphatic heterocycles. The van der Waals surface area contributed by atoms with Gasteiger partial charge in [0.15, 0.2) is 0 Å². The molecule has 0 saturated heterocycles. The molecule has 1 amide bonds. The van der Waals surface area contributed by atoms with Crippen LogP contribution in [-0.4, -0.2) is 37.8 Å². The van der Waals surface area contributed by atoms with E-state index in [1.807, 2.05) is 19.9 Å². The Morgan fingerprint density at radius 3 is 2.48 bits per heavy atom. The third-order valence-electron chi connectivity index (χ3n) is 5.11. The number of sulfonamides is 1. The summed E-state index contributed by atoms with van der Waals surface area (Å²) in [5.41, 5.74) is 0.571. The number of fused-ring (bicyclic) bond motifs is 1. The molecule has 6 nitrogen and oxygen atoms in total. The number of hydrogen-bond donors (Lipinski definition) is 0. The standard InChI is InChI=1S/C19H20BrNO5S/c1-12-4-6-14(7-5-12)27(24,25)21-16-10-13(2)8-9-19(16,18(23)26-3)11-15(20)17(21)22/h4-8,11,16H,9-10H2,1-3H3/t16-,19+/m1/s1. The molecule has 0 radical (unpaired) electrons. The normalized spacial score (nSPS) is 25.4. The summed E-state index contributed by atoms with van der Waals surface area (Å²) in [5, 5.41) is 0. The van der Waals surface area contributed by atoms with Crippen LogP contribution in [0, 0.1) is 12.3 Å². The summed E-state index contributed by atoms with van der Waals surface area (Å²) in [6.07, 6.45) is 3.91. The Bertz CT molecular complexity index is 964. The molecular weight excluding hydrogens is 434 g/mol. The molecule has 0 N–H and O–H groups in total. The highest BCUT2D eigenvalue weighted by molar-refractivity contribution is 9.12. The van der Waals surface area contributed by atoms with Gasteiger partial charge in [-0.25, -0.2) is 12.7 Å². The van der Waals surface area contributed by atoms with Crippen LogP contribution in [0.3, 0.4) is 0 Å². The van der Waals surface area contributed by atoms with E-state index in [-0.39, 0.29) is 22.2 Å².